The first-order chi connectivity index (χ1) is 13.4. The molecule has 2 aliphatic carbocycles. The molecule has 0 aliphatic heterocycles. The zero-order valence-corrected chi connectivity index (χ0v) is 16.5. The third kappa shape index (κ3) is 3.62. The molecule has 29 heavy (non-hydrogen) atoms. The van der Waals surface area contributed by atoms with E-state index < -0.39 is 30.9 Å². The van der Waals surface area contributed by atoms with Crippen LogP contribution in [0.4, 0.5) is 17.6 Å². The fourth-order valence-electron chi connectivity index (χ4n) is 4.64. The first kappa shape index (κ1) is 21.6. The van der Waals surface area contributed by atoms with Crippen LogP contribution in [0, 0.1) is 16.7 Å². The van der Waals surface area contributed by atoms with Crippen LogP contribution >= 0.6 is 0 Å². The van der Waals surface area contributed by atoms with Gasteiger partial charge in [0.15, 0.2) is 6.61 Å². The minimum Gasteiger partial charge on any atom is -0.458 e. The van der Waals surface area contributed by atoms with E-state index in [-0.39, 0.29) is 28.1 Å². The maximum absolute atomic E-state index is 13.0. The highest BCUT2D eigenvalue weighted by molar-refractivity contribution is 6.03. The summed E-state index contributed by atoms with van der Waals surface area (Å²) in [6.07, 6.45) is -1.57. The van der Waals surface area contributed by atoms with Crippen molar-refractivity contribution in [3.05, 3.63) is 35.4 Å². The van der Waals surface area contributed by atoms with E-state index in [9.17, 15) is 27.2 Å². The molecule has 1 aromatic rings. The van der Waals surface area contributed by atoms with Crippen molar-refractivity contribution in [2.45, 2.75) is 58.5 Å². The number of hydrogen-bond acceptors (Lipinski definition) is 4. The van der Waals surface area contributed by atoms with Gasteiger partial charge in [-0.3, -0.25) is 0 Å². The number of alkyl halides is 4. The summed E-state index contributed by atoms with van der Waals surface area (Å²) >= 11 is 0. The number of hydrogen-bond donors (Lipinski definition) is 0. The van der Waals surface area contributed by atoms with E-state index in [2.05, 4.69) is 25.5 Å². The molecular weight excluding hydrogens is 392 g/mol. The number of carbonyl (C=O) groups excluding carboxylic acids is 2. The van der Waals surface area contributed by atoms with Gasteiger partial charge in [-0.05, 0) is 42.7 Å². The largest absolute Gasteiger partial charge is 0.458 e. The Kier molecular flexibility index (Phi) is 5.43. The average Bonchev–Trinajstić information content (AvgIpc) is 2.99. The average molecular weight is 416 g/mol. The normalized spacial score (nSPS) is 27.9. The van der Waals surface area contributed by atoms with E-state index >= 15 is 0 Å². The van der Waals surface area contributed by atoms with Crippen LogP contribution in [0.15, 0.2) is 24.3 Å². The second kappa shape index (κ2) is 7.29. The van der Waals surface area contributed by atoms with Gasteiger partial charge in [0, 0.05) is 5.41 Å². The van der Waals surface area contributed by atoms with Gasteiger partial charge in [-0.2, -0.15) is 8.78 Å². The molecule has 3 unspecified atom stereocenters. The minimum atomic E-state index is -4.46. The molecule has 2 bridgehead atoms. The van der Waals surface area contributed by atoms with Gasteiger partial charge in [0.25, 0.3) is 0 Å². The molecule has 0 saturated heterocycles. The van der Waals surface area contributed by atoms with Gasteiger partial charge >= 0.3 is 24.3 Å². The summed E-state index contributed by atoms with van der Waals surface area (Å²) in [6.45, 7) is 4.63. The van der Waals surface area contributed by atoms with Crippen LogP contribution < -0.4 is 0 Å². The van der Waals surface area contributed by atoms with E-state index in [1.54, 1.807) is 0 Å². The second-order valence-electron chi connectivity index (χ2n) is 8.69. The summed E-state index contributed by atoms with van der Waals surface area (Å²) in [6, 6.07) is 5.45. The summed E-state index contributed by atoms with van der Waals surface area (Å²) in [4.78, 5) is 24.9. The SMILES string of the molecule is CC1(C)C2CCC1(C)C(OC(=O)c1ccccc1C(=O)OCC(F)(F)C(F)F)C2. The molecule has 160 valence electrons. The molecule has 4 nitrogen and oxygen atoms in total. The molecule has 3 atom stereocenters. The van der Waals surface area contributed by atoms with Gasteiger partial charge in [0.1, 0.15) is 6.10 Å². The summed E-state index contributed by atoms with van der Waals surface area (Å²) in [5, 5.41) is 0. The maximum atomic E-state index is 13.0. The predicted octanol–water partition coefficient (Wildman–Crippen LogP) is 5.12. The summed E-state index contributed by atoms with van der Waals surface area (Å²) in [5.41, 5.74) is -0.614. The number of ether oxygens (including phenoxy) is 2. The minimum absolute atomic E-state index is 0.0112. The van der Waals surface area contributed by atoms with Crippen molar-refractivity contribution < 1.29 is 36.6 Å². The zero-order chi connectivity index (χ0) is 21.6. The van der Waals surface area contributed by atoms with Gasteiger partial charge in [-0.15, -0.1) is 0 Å². The fraction of sp³-hybridized carbons (Fsp3) is 0.619. The van der Waals surface area contributed by atoms with E-state index in [0.29, 0.717) is 5.92 Å². The van der Waals surface area contributed by atoms with Crippen molar-refractivity contribution in [3.8, 4) is 0 Å². The molecule has 0 heterocycles. The Morgan fingerprint density at radius 1 is 1.14 bits per heavy atom. The number of esters is 2. The van der Waals surface area contributed by atoms with E-state index in [0.717, 1.165) is 19.3 Å². The fourth-order valence-corrected chi connectivity index (χ4v) is 4.64. The van der Waals surface area contributed by atoms with Crippen LogP contribution in [-0.4, -0.2) is 37.0 Å². The van der Waals surface area contributed by atoms with Gasteiger partial charge in [0.05, 0.1) is 11.1 Å². The Morgan fingerprint density at radius 2 is 1.72 bits per heavy atom. The lowest BCUT2D eigenvalue weighted by atomic mass is 9.70. The van der Waals surface area contributed by atoms with E-state index in [1.807, 2.05) is 0 Å². The van der Waals surface area contributed by atoms with Gasteiger partial charge in [0.2, 0.25) is 0 Å². The standard InChI is InChI=1S/C21H24F4O4/c1-19(2)12-8-9-20(19,3)15(10-12)29-17(27)14-7-5-4-6-13(14)16(26)28-11-21(24,25)18(22)23/h4-7,12,15,18H,8-11H2,1-3H3. The number of halogens is 4. The Balaban J connectivity index is 1.74. The molecule has 2 saturated carbocycles. The number of benzene rings is 1. The third-order valence-electron chi connectivity index (χ3n) is 7.05. The molecule has 2 aliphatic rings. The quantitative estimate of drug-likeness (QED) is 0.477. The predicted molar refractivity (Wildman–Crippen MR) is 96.1 cm³/mol. The number of carbonyl (C=O) groups is 2. The summed E-state index contributed by atoms with van der Waals surface area (Å²) in [5.74, 6) is -6.07. The first-order valence-electron chi connectivity index (χ1n) is 9.53. The Labute approximate surface area is 166 Å². The highest BCUT2D eigenvalue weighted by Crippen LogP contribution is 2.66. The maximum Gasteiger partial charge on any atom is 0.340 e. The third-order valence-corrected chi connectivity index (χ3v) is 7.05. The summed E-state index contributed by atoms with van der Waals surface area (Å²) in [7, 11) is 0. The van der Waals surface area contributed by atoms with Crippen LogP contribution in [0.2, 0.25) is 0 Å². The second-order valence-corrected chi connectivity index (χ2v) is 8.69. The molecule has 0 N–H and O–H groups in total. The van der Waals surface area contributed by atoms with Crippen LogP contribution in [0.3, 0.4) is 0 Å². The zero-order valence-electron chi connectivity index (χ0n) is 16.5. The molecule has 2 fully saturated rings. The van der Waals surface area contributed by atoms with E-state index in [4.69, 9.17) is 4.74 Å². The molecule has 0 amide bonds. The van der Waals surface area contributed by atoms with Crippen molar-refractivity contribution in [2.75, 3.05) is 6.61 Å². The number of rotatable bonds is 6. The highest BCUT2D eigenvalue weighted by Gasteiger charge is 2.63. The first-order valence-corrected chi connectivity index (χ1v) is 9.53. The van der Waals surface area contributed by atoms with Crippen molar-refractivity contribution in [3.63, 3.8) is 0 Å². The van der Waals surface area contributed by atoms with Crippen molar-refractivity contribution >= 4 is 11.9 Å². The molecule has 8 heteroatoms. The van der Waals surface area contributed by atoms with Crippen LogP contribution in [0.5, 0.6) is 0 Å². The molecular formula is C21H24F4O4. The monoisotopic (exact) mass is 416 g/mol. The molecule has 3 rings (SSSR count). The highest BCUT2D eigenvalue weighted by atomic mass is 19.3. The molecule has 0 radical (unpaired) electrons. The Morgan fingerprint density at radius 3 is 2.21 bits per heavy atom. The van der Waals surface area contributed by atoms with Gasteiger partial charge < -0.3 is 9.47 Å². The van der Waals surface area contributed by atoms with Gasteiger partial charge in [-0.1, -0.05) is 32.9 Å². The van der Waals surface area contributed by atoms with Crippen molar-refractivity contribution in [2.24, 2.45) is 16.7 Å². The summed E-state index contributed by atoms with van der Waals surface area (Å²) < 4.78 is 60.7. The van der Waals surface area contributed by atoms with Crippen molar-refractivity contribution in [1.29, 1.82) is 0 Å². The van der Waals surface area contributed by atoms with Crippen molar-refractivity contribution in [1.82, 2.24) is 0 Å². The number of fused-ring (bicyclic) bond motifs is 2. The van der Waals surface area contributed by atoms with Crippen LogP contribution in [0.1, 0.15) is 60.7 Å². The lowest BCUT2D eigenvalue weighted by Crippen LogP contribution is -2.38. The van der Waals surface area contributed by atoms with Gasteiger partial charge in [-0.25, -0.2) is 18.4 Å². The van der Waals surface area contributed by atoms with E-state index in [1.165, 1.54) is 24.3 Å². The Bertz CT molecular complexity index is 808. The topological polar surface area (TPSA) is 52.6 Å². The molecule has 0 spiro atoms. The van der Waals surface area contributed by atoms with Crippen LogP contribution in [-0.2, 0) is 9.47 Å². The van der Waals surface area contributed by atoms with Crippen LogP contribution in [0.25, 0.3) is 0 Å². The smallest absolute Gasteiger partial charge is 0.340 e. The Hall–Kier alpha value is -2.12. The lowest BCUT2D eigenvalue weighted by Gasteiger charge is -2.38. The molecule has 1 aromatic carbocycles. The molecule has 0 aromatic heterocycles. The lowest BCUT2D eigenvalue weighted by molar-refractivity contribution is -0.155.